The van der Waals surface area contributed by atoms with Gasteiger partial charge in [-0.1, -0.05) is 72.8 Å². The molecule has 43 heavy (non-hydrogen) atoms. The van der Waals surface area contributed by atoms with E-state index in [0.717, 1.165) is 32.8 Å². The predicted molar refractivity (Wildman–Crippen MR) is 162 cm³/mol. The summed E-state index contributed by atoms with van der Waals surface area (Å²) in [6.45, 7) is 0. The molecule has 0 amide bonds. The molecule has 0 fully saturated rings. The van der Waals surface area contributed by atoms with Gasteiger partial charge in [0.05, 0.1) is 14.7 Å². The molecule has 0 saturated carbocycles. The molecule has 6 aromatic rings. The Morgan fingerprint density at radius 3 is 0.837 bits per heavy atom. The van der Waals surface area contributed by atoms with Crippen LogP contribution in [0.3, 0.4) is 0 Å². The second-order valence-electron chi connectivity index (χ2n) is 10.2. The van der Waals surface area contributed by atoms with Crippen LogP contribution >= 0.6 is 0 Å². The molecule has 218 valence electrons. The first-order chi connectivity index (χ1) is 20.2. The van der Waals surface area contributed by atoms with Gasteiger partial charge >= 0.3 is 0 Å². The van der Waals surface area contributed by atoms with Gasteiger partial charge in [-0.2, -0.15) is 25.3 Å². The van der Waals surface area contributed by atoms with Crippen LogP contribution in [0.4, 0.5) is 0 Å². The van der Waals surface area contributed by atoms with Crippen molar-refractivity contribution in [2.24, 2.45) is 0 Å². The summed E-state index contributed by atoms with van der Waals surface area (Å²) in [5.41, 5.74) is 2.53. The molecule has 0 aliphatic heterocycles. The van der Waals surface area contributed by atoms with Crippen molar-refractivity contribution >= 4 is 62.7 Å². The fourth-order valence-electron chi connectivity index (χ4n) is 5.32. The molecule has 0 aliphatic rings. The quantitative estimate of drug-likeness (QED) is 0.146. The Kier molecular flexibility index (Phi) is 6.88. The Hall–Kier alpha value is -4.17. The molecule has 0 bridgehead atoms. The highest BCUT2D eigenvalue weighted by Gasteiger charge is 2.20. The Balaban J connectivity index is 1.54. The second-order valence-corrected chi connectivity index (χ2v) is 14.4. The summed E-state index contributed by atoms with van der Waals surface area (Å²) in [4.78, 5) is -0.661. The van der Waals surface area contributed by atoms with E-state index in [1.54, 1.807) is 36.4 Å². The minimum atomic E-state index is -4.38. The fourth-order valence-corrected chi connectivity index (χ4v) is 6.87. The number of benzene rings is 6. The van der Waals surface area contributed by atoms with Crippen molar-refractivity contribution in [1.29, 1.82) is 0 Å². The van der Waals surface area contributed by atoms with E-state index in [-0.39, 0.29) is 20.6 Å². The van der Waals surface area contributed by atoms with E-state index in [1.165, 1.54) is 36.4 Å². The van der Waals surface area contributed by atoms with Gasteiger partial charge in [-0.3, -0.25) is 13.7 Å². The van der Waals surface area contributed by atoms with Gasteiger partial charge < -0.3 is 0 Å². The smallest absolute Gasteiger partial charge is 0.282 e. The lowest BCUT2D eigenvalue weighted by Crippen LogP contribution is -2.04. The lowest BCUT2D eigenvalue weighted by molar-refractivity contribution is 0.481. The van der Waals surface area contributed by atoms with Gasteiger partial charge in [0.2, 0.25) is 0 Å². The molecular weight excluding hydrogens is 613 g/mol. The highest BCUT2D eigenvalue weighted by molar-refractivity contribution is 7.86. The van der Waals surface area contributed by atoms with E-state index < -0.39 is 30.4 Å². The zero-order valence-electron chi connectivity index (χ0n) is 22.0. The summed E-state index contributed by atoms with van der Waals surface area (Å²) in [6, 6.07) is 29.5. The van der Waals surface area contributed by atoms with Gasteiger partial charge in [-0.05, 0) is 85.4 Å². The molecule has 12 heteroatoms. The van der Waals surface area contributed by atoms with Crippen LogP contribution in [0.5, 0.6) is 0 Å². The normalized spacial score (nSPS) is 12.8. The van der Waals surface area contributed by atoms with Crippen molar-refractivity contribution in [1.82, 2.24) is 0 Å². The summed E-state index contributed by atoms with van der Waals surface area (Å²) >= 11 is 0. The molecule has 0 heterocycles. The predicted octanol–water partition coefficient (Wildman–Crippen LogP) is 6.07. The second kappa shape index (κ2) is 10.2. The van der Waals surface area contributed by atoms with Crippen molar-refractivity contribution in [2.75, 3.05) is 0 Å². The van der Waals surface area contributed by atoms with Gasteiger partial charge in [0, 0.05) is 5.92 Å². The van der Waals surface area contributed by atoms with E-state index in [4.69, 9.17) is 0 Å². The van der Waals surface area contributed by atoms with Gasteiger partial charge in [-0.15, -0.1) is 0 Å². The molecule has 0 unspecified atom stereocenters. The monoisotopic (exact) mass is 634 g/mol. The fraction of sp³-hybridized carbons (Fsp3) is 0.0323. The summed E-state index contributed by atoms with van der Waals surface area (Å²) in [7, 11) is -13.1. The van der Waals surface area contributed by atoms with Crippen molar-refractivity contribution in [3.05, 3.63) is 126 Å². The molecule has 9 nitrogen and oxygen atoms in total. The SMILES string of the molecule is O=S(=O)(O)c1ccc2cc(C(c3ccc4cc(S(=O)(=O)O)ccc4c3)c3ccc4cc(S(=O)(=O)O)ccc4c3)ccc2c1. The molecule has 0 atom stereocenters. The van der Waals surface area contributed by atoms with Crippen molar-refractivity contribution in [3.8, 4) is 0 Å². The Morgan fingerprint density at radius 1 is 0.349 bits per heavy atom. The third-order valence-corrected chi connectivity index (χ3v) is 9.95. The van der Waals surface area contributed by atoms with E-state index in [9.17, 15) is 38.9 Å². The molecule has 0 spiro atoms. The van der Waals surface area contributed by atoms with Crippen LogP contribution in [-0.2, 0) is 30.4 Å². The highest BCUT2D eigenvalue weighted by atomic mass is 32.2. The third-order valence-electron chi connectivity index (χ3n) is 7.40. The number of rotatable bonds is 6. The topological polar surface area (TPSA) is 163 Å². The molecule has 0 aliphatic carbocycles. The Labute approximate surface area is 247 Å². The summed E-state index contributed by atoms with van der Waals surface area (Å²) < 4.78 is 98.3. The highest BCUT2D eigenvalue weighted by Crippen LogP contribution is 2.37. The van der Waals surface area contributed by atoms with Crippen LogP contribution < -0.4 is 0 Å². The van der Waals surface area contributed by atoms with Crippen molar-refractivity contribution < 1.29 is 38.9 Å². The average Bonchev–Trinajstić information content (AvgIpc) is 2.95. The van der Waals surface area contributed by atoms with E-state index in [1.807, 2.05) is 36.4 Å². The first-order valence-electron chi connectivity index (χ1n) is 12.7. The zero-order chi connectivity index (χ0) is 30.7. The average molecular weight is 635 g/mol. The van der Waals surface area contributed by atoms with Gasteiger partial charge in [-0.25, -0.2) is 0 Å². The van der Waals surface area contributed by atoms with Gasteiger partial charge in [0.25, 0.3) is 30.4 Å². The summed E-state index contributed by atoms with van der Waals surface area (Å²) in [6.07, 6.45) is 0. The van der Waals surface area contributed by atoms with Crippen LogP contribution in [0.25, 0.3) is 32.3 Å². The van der Waals surface area contributed by atoms with Crippen LogP contribution in [0.1, 0.15) is 22.6 Å². The Morgan fingerprint density at radius 2 is 0.581 bits per heavy atom. The largest absolute Gasteiger partial charge is 0.294 e. The lowest BCUT2D eigenvalue weighted by Gasteiger charge is -2.21. The molecular formula is C31H22O9S3. The van der Waals surface area contributed by atoms with Crippen LogP contribution in [-0.4, -0.2) is 38.9 Å². The molecule has 0 radical (unpaired) electrons. The van der Waals surface area contributed by atoms with Gasteiger partial charge in [0.15, 0.2) is 0 Å². The van der Waals surface area contributed by atoms with Crippen LogP contribution in [0, 0.1) is 0 Å². The first kappa shape index (κ1) is 28.9. The standard InChI is InChI=1S/C31H22O9S3/c32-41(33,34)28-10-7-19-13-25(4-1-22(19)16-28)31(26-5-2-23-17-29(42(35,36)37)11-8-20(23)14-26)27-6-3-24-18-30(43(38,39)40)12-9-21(24)15-27/h1-18,31H,(H,32,33,34)(H,35,36,37)(H,38,39,40). The number of fused-ring (bicyclic) bond motifs is 3. The van der Waals surface area contributed by atoms with E-state index in [0.29, 0.717) is 16.2 Å². The molecule has 6 rings (SSSR count). The van der Waals surface area contributed by atoms with E-state index in [2.05, 4.69) is 0 Å². The van der Waals surface area contributed by atoms with Crippen LogP contribution in [0.2, 0.25) is 0 Å². The van der Waals surface area contributed by atoms with E-state index >= 15 is 0 Å². The first-order valence-corrected chi connectivity index (χ1v) is 17.0. The van der Waals surface area contributed by atoms with Crippen molar-refractivity contribution in [3.63, 3.8) is 0 Å². The van der Waals surface area contributed by atoms with Crippen molar-refractivity contribution in [2.45, 2.75) is 20.6 Å². The van der Waals surface area contributed by atoms with Gasteiger partial charge in [0.1, 0.15) is 0 Å². The summed E-state index contributed by atoms with van der Waals surface area (Å²) in [5, 5.41) is 3.99. The molecule has 3 N–H and O–H groups in total. The molecule has 6 aromatic carbocycles. The molecule has 0 aromatic heterocycles. The molecule has 0 saturated heterocycles. The zero-order valence-corrected chi connectivity index (χ0v) is 24.4. The minimum absolute atomic E-state index is 0.220. The lowest BCUT2D eigenvalue weighted by atomic mass is 9.83. The maximum Gasteiger partial charge on any atom is 0.294 e. The minimum Gasteiger partial charge on any atom is -0.282 e. The number of hydrogen-bond acceptors (Lipinski definition) is 6. The maximum absolute atomic E-state index is 11.6. The van der Waals surface area contributed by atoms with Crippen LogP contribution in [0.15, 0.2) is 124 Å². The third kappa shape index (κ3) is 5.76. The maximum atomic E-state index is 11.6. The Bertz CT molecular complexity index is 2160. The number of hydrogen-bond donors (Lipinski definition) is 3. The summed E-state index contributed by atoms with van der Waals surface area (Å²) in [5.74, 6) is -0.373.